The van der Waals surface area contributed by atoms with Crippen LogP contribution in [-0.4, -0.2) is 37.2 Å². The van der Waals surface area contributed by atoms with Crippen molar-refractivity contribution in [2.24, 2.45) is 0 Å². The van der Waals surface area contributed by atoms with Crippen LogP contribution < -0.4 is 21.9 Å². The van der Waals surface area contributed by atoms with Crippen molar-refractivity contribution in [2.75, 3.05) is 16.4 Å². The Labute approximate surface area is 191 Å². The van der Waals surface area contributed by atoms with Gasteiger partial charge in [-0.15, -0.1) is 0 Å². The van der Waals surface area contributed by atoms with Crippen LogP contribution in [0.3, 0.4) is 0 Å². The molecule has 0 bridgehead atoms. The van der Waals surface area contributed by atoms with E-state index in [2.05, 4.69) is 15.0 Å². The number of anilines is 2. The Morgan fingerprint density at radius 1 is 1.33 bits per heavy atom. The van der Waals surface area contributed by atoms with Gasteiger partial charge in [-0.3, -0.25) is 19.1 Å². The molecule has 180 valence electrons. The van der Waals surface area contributed by atoms with Gasteiger partial charge in [-0.05, 0) is 25.3 Å². The first kappa shape index (κ1) is 24.8. The molecule has 0 aromatic carbocycles. The fraction of sp³-hybridized carbons (Fsp3) is 0.550. The van der Waals surface area contributed by atoms with Gasteiger partial charge in [-0.25, -0.2) is 14.8 Å². The van der Waals surface area contributed by atoms with Crippen LogP contribution in [0.5, 0.6) is 0 Å². The molecule has 0 radical (unpaired) electrons. The first-order valence-electron chi connectivity index (χ1n) is 10.6. The van der Waals surface area contributed by atoms with Gasteiger partial charge in [0.25, 0.3) is 5.56 Å². The molecule has 2 aromatic heterocycles. The highest BCUT2D eigenvalue weighted by atomic mass is 32.2. The van der Waals surface area contributed by atoms with E-state index in [0.717, 1.165) is 43.3 Å². The maximum atomic E-state index is 13.2. The standard InChI is InChI=1S/C20H25F3N6O3S/c1-2-3-10-28-16(24)15(17(31)27-19(28)32)29(12-6-4-5-7-12)14(30)11-33-18-25-9-8-13(26-18)20(21,22)23/h8-9,12H,2-7,10-11,24H2,1H3,(H,27,31,32). The normalized spacial score (nSPS) is 14.5. The van der Waals surface area contributed by atoms with Crippen LogP contribution in [-0.2, 0) is 17.5 Å². The number of halogens is 3. The van der Waals surface area contributed by atoms with Gasteiger partial charge in [0.15, 0.2) is 10.8 Å². The average molecular weight is 487 g/mol. The molecule has 1 amide bonds. The number of carbonyl (C=O) groups is 1. The Morgan fingerprint density at radius 2 is 2.03 bits per heavy atom. The number of alkyl halides is 3. The molecule has 0 atom stereocenters. The van der Waals surface area contributed by atoms with Gasteiger partial charge in [0.05, 0.1) is 5.75 Å². The number of hydrogen-bond donors (Lipinski definition) is 2. The summed E-state index contributed by atoms with van der Waals surface area (Å²) < 4.78 is 40.0. The average Bonchev–Trinajstić information content (AvgIpc) is 3.28. The molecular formula is C20H25F3N6O3S. The fourth-order valence-corrected chi connectivity index (χ4v) is 4.48. The van der Waals surface area contributed by atoms with Crippen molar-refractivity contribution >= 4 is 29.2 Å². The van der Waals surface area contributed by atoms with E-state index in [1.165, 1.54) is 9.47 Å². The van der Waals surface area contributed by atoms with E-state index in [1.54, 1.807) is 0 Å². The summed E-state index contributed by atoms with van der Waals surface area (Å²) in [5.74, 6) is -0.923. The highest BCUT2D eigenvalue weighted by Gasteiger charge is 2.34. The van der Waals surface area contributed by atoms with Gasteiger partial charge >= 0.3 is 11.9 Å². The van der Waals surface area contributed by atoms with Crippen molar-refractivity contribution in [1.29, 1.82) is 0 Å². The molecule has 3 N–H and O–H groups in total. The maximum absolute atomic E-state index is 13.2. The monoisotopic (exact) mass is 486 g/mol. The number of carbonyl (C=O) groups excluding carboxylic acids is 1. The fourth-order valence-electron chi connectivity index (χ4n) is 3.79. The minimum absolute atomic E-state index is 0.0993. The molecule has 33 heavy (non-hydrogen) atoms. The molecule has 1 aliphatic carbocycles. The van der Waals surface area contributed by atoms with E-state index < -0.39 is 29.0 Å². The number of unbranched alkanes of at least 4 members (excludes halogenated alkanes) is 1. The Kier molecular flexibility index (Phi) is 7.82. The van der Waals surface area contributed by atoms with Crippen LogP contribution >= 0.6 is 11.8 Å². The van der Waals surface area contributed by atoms with Crippen LogP contribution in [0.1, 0.15) is 51.1 Å². The van der Waals surface area contributed by atoms with E-state index in [4.69, 9.17) is 5.73 Å². The summed E-state index contributed by atoms with van der Waals surface area (Å²) in [5, 5.41) is -0.209. The molecule has 1 fully saturated rings. The largest absolute Gasteiger partial charge is 0.433 e. The number of rotatable bonds is 8. The summed E-state index contributed by atoms with van der Waals surface area (Å²) in [4.78, 5) is 49.0. The second-order valence-electron chi connectivity index (χ2n) is 7.71. The molecule has 0 aliphatic heterocycles. The number of aromatic amines is 1. The number of H-pyrrole nitrogens is 1. The topological polar surface area (TPSA) is 127 Å². The van der Waals surface area contributed by atoms with Crippen molar-refractivity contribution in [3.63, 3.8) is 0 Å². The zero-order chi connectivity index (χ0) is 24.2. The highest BCUT2D eigenvalue weighted by Crippen LogP contribution is 2.31. The van der Waals surface area contributed by atoms with Crippen molar-refractivity contribution in [3.05, 3.63) is 38.8 Å². The van der Waals surface area contributed by atoms with Crippen molar-refractivity contribution in [1.82, 2.24) is 19.5 Å². The number of nitrogens with zero attached hydrogens (tertiary/aromatic N) is 4. The van der Waals surface area contributed by atoms with Crippen LogP contribution in [0, 0.1) is 0 Å². The minimum Gasteiger partial charge on any atom is -0.383 e. The summed E-state index contributed by atoms with van der Waals surface area (Å²) in [5.41, 5.74) is 3.56. The zero-order valence-electron chi connectivity index (χ0n) is 18.0. The van der Waals surface area contributed by atoms with Gasteiger partial charge in [-0.1, -0.05) is 37.9 Å². The lowest BCUT2D eigenvalue weighted by molar-refractivity contribution is -0.141. The Hall–Kier alpha value is -2.83. The van der Waals surface area contributed by atoms with Crippen molar-refractivity contribution < 1.29 is 18.0 Å². The van der Waals surface area contributed by atoms with Gasteiger partial charge in [0, 0.05) is 18.8 Å². The molecule has 1 saturated carbocycles. The lowest BCUT2D eigenvalue weighted by Crippen LogP contribution is -2.46. The molecule has 0 unspecified atom stereocenters. The molecule has 13 heteroatoms. The third kappa shape index (κ3) is 5.75. The Morgan fingerprint density at radius 3 is 2.67 bits per heavy atom. The van der Waals surface area contributed by atoms with E-state index >= 15 is 0 Å². The molecule has 9 nitrogen and oxygen atoms in total. The summed E-state index contributed by atoms with van der Waals surface area (Å²) in [6.45, 7) is 2.22. The number of nitrogens with one attached hydrogen (secondary N) is 1. The van der Waals surface area contributed by atoms with Crippen LogP contribution in [0.25, 0.3) is 0 Å². The summed E-state index contributed by atoms with van der Waals surface area (Å²) in [6.07, 6.45) is 0.773. The molecular weight excluding hydrogens is 461 g/mol. The number of nitrogen functional groups attached to an aromatic ring is 1. The SMILES string of the molecule is CCCCn1c(N)c(N(C(=O)CSc2nccc(C(F)(F)F)n2)C2CCCC2)c(=O)[nH]c1=O. The molecule has 0 saturated heterocycles. The highest BCUT2D eigenvalue weighted by molar-refractivity contribution is 7.99. The van der Waals surface area contributed by atoms with Crippen molar-refractivity contribution in [3.8, 4) is 0 Å². The van der Waals surface area contributed by atoms with E-state index in [9.17, 15) is 27.6 Å². The summed E-state index contributed by atoms with van der Waals surface area (Å²) >= 11 is 0.739. The third-order valence-corrected chi connectivity index (χ3v) is 6.24. The van der Waals surface area contributed by atoms with Crippen LogP contribution in [0.4, 0.5) is 24.7 Å². The van der Waals surface area contributed by atoms with Crippen LogP contribution in [0.2, 0.25) is 0 Å². The first-order valence-corrected chi connectivity index (χ1v) is 11.6. The number of thioether (sulfide) groups is 1. The second kappa shape index (κ2) is 10.4. The van der Waals surface area contributed by atoms with Gasteiger partial charge in [-0.2, -0.15) is 13.2 Å². The molecule has 0 spiro atoms. The predicted molar refractivity (Wildman–Crippen MR) is 118 cm³/mol. The summed E-state index contributed by atoms with van der Waals surface area (Å²) in [7, 11) is 0. The molecule has 3 rings (SSSR count). The third-order valence-electron chi connectivity index (χ3n) is 5.40. The second-order valence-corrected chi connectivity index (χ2v) is 8.65. The van der Waals surface area contributed by atoms with Gasteiger partial charge in [0.2, 0.25) is 5.91 Å². The minimum atomic E-state index is -4.63. The smallest absolute Gasteiger partial charge is 0.383 e. The number of hydrogen-bond acceptors (Lipinski definition) is 7. The Bertz CT molecular complexity index is 1110. The lowest BCUT2D eigenvalue weighted by Gasteiger charge is -2.29. The summed E-state index contributed by atoms with van der Waals surface area (Å²) in [6, 6.07) is 0.442. The van der Waals surface area contributed by atoms with Crippen LogP contribution in [0.15, 0.2) is 27.0 Å². The maximum Gasteiger partial charge on any atom is 0.433 e. The van der Waals surface area contributed by atoms with E-state index in [0.29, 0.717) is 19.3 Å². The number of amides is 1. The molecule has 1 aliphatic rings. The first-order chi connectivity index (χ1) is 15.6. The van der Waals surface area contributed by atoms with E-state index in [1.807, 2.05) is 6.92 Å². The zero-order valence-corrected chi connectivity index (χ0v) is 18.8. The quantitative estimate of drug-likeness (QED) is 0.434. The van der Waals surface area contributed by atoms with Gasteiger partial charge in [0.1, 0.15) is 11.5 Å². The van der Waals surface area contributed by atoms with E-state index in [-0.39, 0.29) is 35.0 Å². The van der Waals surface area contributed by atoms with Crippen molar-refractivity contribution in [2.45, 2.75) is 69.4 Å². The predicted octanol–water partition coefficient (Wildman–Crippen LogP) is 2.80. The van der Waals surface area contributed by atoms with Gasteiger partial charge < -0.3 is 10.6 Å². The molecule has 2 heterocycles. The Balaban J connectivity index is 1.92. The molecule has 2 aromatic rings. The number of aromatic nitrogens is 4. The lowest BCUT2D eigenvalue weighted by atomic mass is 10.2. The number of nitrogens with two attached hydrogens (primary N) is 1.